The van der Waals surface area contributed by atoms with Gasteiger partial charge in [-0.1, -0.05) is 25.0 Å². The van der Waals surface area contributed by atoms with Crippen LogP contribution in [0.2, 0.25) is 0 Å². The van der Waals surface area contributed by atoms with Gasteiger partial charge in [-0.05, 0) is 30.5 Å². The maximum Gasteiger partial charge on any atom is 0.251 e. The van der Waals surface area contributed by atoms with Gasteiger partial charge in [0.15, 0.2) is 5.79 Å². The lowest BCUT2D eigenvalue weighted by Crippen LogP contribution is -2.33. The second-order valence-electron chi connectivity index (χ2n) is 6.78. The summed E-state index contributed by atoms with van der Waals surface area (Å²) in [6.07, 6.45) is 7.20. The summed E-state index contributed by atoms with van der Waals surface area (Å²) in [6.45, 7) is 2.24. The Morgan fingerprint density at radius 3 is 2.54 bits per heavy atom. The Morgan fingerprint density at radius 2 is 1.88 bits per heavy atom. The predicted octanol–water partition coefficient (Wildman–Crippen LogP) is 2.60. The Labute approximate surface area is 144 Å². The summed E-state index contributed by atoms with van der Waals surface area (Å²) in [6, 6.07) is 7.67. The van der Waals surface area contributed by atoms with Gasteiger partial charge in [0.2, 0.25) is 0 Å². The lowest BCUT2D eigenvalue weighted by molar-refractivity contribution is -0.175. The van der Waals surface area contributed by atoms with Gasteiger partial charge in [-0.3, -0.25) is 4.79 Å². The zero-order chi connectivity index (χ0) is 16.8. The van der Waals surface area contributed by atoms with Crippen molar-refractivity contribution in [2.45, 2.75) is 57.0 Å². The Balaban J connectivity index is 1.43. The molecule has 1 aromatic rings. The van der Waals surface area contributed by atoms with E-state index in [2.05, 4.69) is 10.6 Å². The molecule has 1 saturated carbocycles. The average molecular weight is 332 g/mol. The van der Waals surface area contributed by atoms with Crippen LogP contribution in [0.3, 0.4) is 0 Å². The van der Waals surface area contributed by atoms with Gasteiger partial charge in [-0.25, -0.2) is 0 Å². The highest BCUT2D eigenvalue weighted by molar-refractivity contribution is 5.93. The summed E-state index contributed by atoms with van der Waals surface area (Å²) in [5.74, 6) is -0.363. The van der Waals surface area contributed by atoms with Crippen LogP contribution in [0.25, 0.3) is 0 Å². The van der Waals surface area contributed by atoms with Crippen LogP contribution in [-0.4, -0.2) is 38.0 Å². The molecule has 3 rings (SSSR count). The fraction of sp³-hybridized carbons (Fsp3) is 0.632. The van der Waals surface area contributed by atoms with Crippen molar-refractivity contribution < 1.29 is 14.3 Å². The average Bonchev–Trinajstić information content (AvgIpc) is 2.86. The molecule has 132 valence electrons. The van der Waals surface area contributed by atoms with Gasteiger partial charge in [0.1, 0.15) is 0 Å². The molecule has 0 bridgehead atoms. The molecule has 2 N–H and O–H groups in total. The minimum Gasteiger partial charge on any atom is -0.355 e. The number of ether oxygens (including phenoxy) is 2. The summed E-state index contributed by atoms with van der Waals surface area (Å²) < 4.78 is 12.3. The molecule has 1 aliphatic heterocycles. The van der Waals surface area contributed by atoms with Crippen LogP contribution in [0, 0.1) is 0 Å². The van der Waals surface area contributed by atoms with Crippen molar-refractivity contribution in [3.8, 4) is 0 Å². The van der Waals surface area contributed by atoms with Crippen LogP contribution in [0.4, 0.5) is 0 Å². The van der Waals surface area contributed by atoms with Crippen LogP contribution in [0.15, 0.2) is 24.3 Å². The summed E-state index contributed by atoms with van der Waals surface area (Å²) >= 11 is 0. The molecule has 1 spiro atoms. The Bertz CT molecular complexity index is 536. The van der Waals surface area contributed by atoms with Gasteiger partial charge in [0.25, 0.3) is 5.91 Å². The first kappa shape index (κ1) is 17.4. The van der Waals surface area contributed by atoms with E-state index in [1.807, 2.05) is 24.3 Å². The van der Waals surface area contributed by atoms with Gasteiger partial charge in [0, 0.05) is 38.5 Å². The molecule has 0 unspecified atom stereocenters. The van der Waals surface area contributed by atoms with Crippen molar-refractivity contribution in [2.24, 2.45) is 0 Å². The summed E-state index contributed by atoms with van der Waals surface area (Å²) in [5, 5.41) is 6.07. The first-order valence-corrected chi connectivity index (χ1v) is 9.04. The summed E-state index contributed by atoms with van der Waals surface area (Å²) in [5.41, 5.74) is 1.84. The second kappa shape index (κ2) is 8.10. The lowest BCUT2D eigenvalue weighted by atomic mass is 10.1. The number of carbonyl (C=O) groups is 1. The van der Waals surface area contributed by atoms with E-state index in [0.29, 0.717) is 12.2 Å². The van der Waals surface area contributed by atoms with Crippen LogP contribution < -0.4 is 10.6 Å². The number of hydrogen-bond donors (Lipinski definition) is 2. The number of benzene rings is 1. The number of carbonyl (C=O) groups excluding carboxylic acids is 1. The van der Waals surface area contributed by atoms with E-state index in [4.69, 9.17) is 9.47 Å². The summed E-state index contributed by atoms with van der Waals surface area (Å²) in [4.78, 5) is 11.5. The van der Waals surface area contributed by atoms with Crippen molar-refractivity contribution in [1.29, 1.82) is 0 Å². The highest BCUT2D eigenvalue weighted by Gasteiger charge is 2.41. The monoisotopic (exact) mass is 332 g/mol. The molecular weight excluding hydrogens is 304 g/mol. The number of hydrogen-bond acceptors (Lipinski definition) is 4. The molecule has 0 radical (unpaired) electrons. The van der Waals surface area contributed by atoms with E-state index < -0.39 is 0 Å². The smallest absolute Gasteiger partial charge is 0.251 e. The topological polar surface area (TPSA) is 59.6 Å². The largest absolute Gasteiger partial charge is 0.355 e. The van der Waals surface area contributed by atoms with Crippen molar-refractivity contribution >= 4 is 5.91 Å². The lowest BCUT2D eigenvalue weighted by Gasteiger charge is -2.26. The molecule has 0 aromatic heterocycles. The molecule has 1 amide bonds. The molecule has 5 heteroatoms. The molecule has 1 atom stereocenters. The van der Waals surface area contributed by atoms with Gasteiger partial charge >= 0.3 is 0 Å². The van der Waals surface area contributed by atoms with Crippen LogP contribution in [0.5, 0.6) is 0 Å². The SMILES string of the molecule is CNC(=O)c1ccc(CNC[C@H]2COC3(CCCCCC3)O2)cc1. The Hall–Kier alpha value is -1.43. The first-order chi connectivity index (χ1) is 11.7. The van der Waals surface area contributed by atoms with Crippen molar-refractivity contribution in [2.75, 3.05) is 20.2 Å². The molecular formula is C19H28N2O3. The predicted molar refractivity (Wildman–Crippen MR) is 92.8 cm³/mol. The highest BCUT2D eigenvalue weighted by atomic mass is 16.7. The maximum atomic E-state index is 11.5. The minimum absolute atomic E-state index is 0.0558. The zero-order valence-corrected chi connectivity index (χ0v) is 14.5. The van der Waals surface area contributed by atoms with Crippen LogP contribution in [-0.2, 0) is 16.0 Å². The van der Waals surface area contributed by atoms with E-state index >= 15 is 0 Å². The fourth-order valence-corrected chi connectivity index (χ4v) is 3.54. The van der Waals surface area contributed by atoms with E-state index in [1.165, 1.54) is 25.7 Å². The zero-order valence-electron chi connectivity index (χ0n) is 14.5. The van der Waals surface area contributed by atoms with E-state index in [9.17, 15) is 4.79 Å². The van der Waals surface area contributed by atoms with Gasteiger partial charge in [-0.15, -0.1) is 0 Å². The van der Waals surface area contributed by atoms with Crippen LogP contribution in [0.1, 0.15) is 54.4 Å². The maximum absolute atomic E-state index is 11.5. The third-order valence-corrected chi connectivity index (χ3v) is 4.92. The Morgan fingerprint density at radius 1 is 1.17 bits per heavy atom. The first-order valence-electron chi connectivity index (χ1n) is 9.04. The molecule has 1 aliphatic carbocycles. The fourth-order valence-electron chi connectivity index (χ4n) is 3.54. The quantitative estimate of drug-likeness (QED) is 0.870. The normalized spacial score (nSPS) is 23.1. The van der Waals surface area contributed by atoms with Gasteiger partial charge < -0.3 is 20.1 Å². The van der Waals surface area contributed by atoms with E-state index in [-0.39, 0.29) is 17.8 Å². The highest BCUT2D eigenvalue weighted by Crippen LogP contribution is 2.36. The molecule has 1 saturated heterocycles. The minimum atomic E-state index is -0.308. The van der Waals surface area contributed by atoms with E-state index in [0.717, 1.165) is 31.5 Å². The van der Waals surface area contributed by atoms with E-state index in [1.54, 1.807) is 7.05 Å². The van der Waals surface area contributed by atoms with Crippen molar-refractivity contribution in [3.05, 3.63) is 35.4 Å². The molecule has 1 aromatic carbocycles. The third-order valence-electron chi connectivity index (χ3n) is 4.92. The third kappa shape index (κ3) is 4.35. The summed E-state index contributed by atoms with van der Waals surface area (Å²) in [7, 11) is 1.64. The van der Waals surface area contributed by atoms with Gasteiger partial charge in [-0.2, -0.15) is 0 Å². The molecule has 2 aliphatic rings. The number of rotatable bonds is 5. The second-order valence-corrected chi connectivity index (χ2v) is 6.78. The van der Waals surface area contributed by atoms with Crippen molar-refractivity contribution in [1.82, 2.24) is 10.6 Å². The number of amides is 1. The molecule has 2 fully saturated rings. The standard InChI is InChI=1S/C19H28N2O3/c1-20-18(22)16-8-6-15(7-9-16)12-21-13-17-14-23-19(24-17)10-4-2-3-5-11-19/h6-9,17,21H,2-5,10-14H2,1H3,(H,20,22)/t17-/m0/s1. The number of nitrogens with one attached hydrogen (secondary N) is 2. The molecule has 1 heterocycles. The van der Waals surface area contributed by atoms with Crippen molar-refractivity contribution in [3.63, 3.8) is 0 Å². The molecule has 24 heavy (non-hydrogen) atoms. The Kier molecular flexibility index (Phi) is 5.87. The van der Waals surface area contributed by atoms with Crippen LogP contribution >= 0.6 is 0 Å². The van der Waals surface area contributed by atoms with Gasteiger partial charge in [0.05, 0.1) is 12.7 Å². The molecule has 5 nitrogen and oxygen atoms in total.